The van der Waals surface area contributed by atoms with E-state index in [4.69, 9.17) is 0 Å². The van der Waals surface area contributed by atoms with Gasteiger partial charge in [-0.05, 0) is 24.7 Å². The van der Waals surface area contributed by atoms with Gasteiger partial charge in [-0.2, -0.15) is 0 Å². The van der Waals surface area contributed by atoms with Crippen molar-refractivity contribution in [1.82, 2.24) is 4.90 Å². The lowest BCUT2D eigenvalue weighted by Crippen LogP contribution is -2.27. The van der Waals surface area contributed by atoms with E-state index in [9.17, 15) is 4.79 Å². The van der Waals surface area contributed by atoms with Gasteiger partial charge in [0.25, 0.3) is 0 Å². The molecule has 0 bridgehead atoms. The lowest BCUT2D eigenvalue weighted by molar-refractivity contribution is -0.127. The number of rotatable bonds is 5. The Hall–Kier alpha value is -0.530. The van der Waals surface area contributed by atoms with Crippen molar-refractivity contribution >= 4 is 5.91 Å². The molecule has 1 rings (SSSR count). The molecule has 2 nitrogen and oxygen atoms in total. The highest BCUT2D eigenvalue weighted by Crippen LogP contribution is 2.20. The van der Waals surface area contributed by atoms with Gasteiger partial charge < -0.3 is 4.90 Å². The summed E-state index contributed by atoms with van der Waals surface area (Å²) in [6.07, 6.45) is 4.26. The van der Waals surface area contributed by atoms with Crippen LogP contribution in [-0.2, 0) is 4.79 Å². The quantitative estimate of drug-likeness (QED) is 0.663. The fourth-order valence-electron chi connectivity index (χ4n) is 2.27. The maximum absolute atomic E-state index is 11.4. The predicted molar refractivity (Wildman–Crippen MR) is 59.1 cm³/mol. The molecule has 0 aromatic heterocycles. The Kier molecular flexibility index (Phi) is 4.43. The topological polar surface area (TPSA) is 20.3 Å². The molecule has 2 heteroatoms. The standard InChI is InChI=1S/C12H23NO/c1-4-11(10(2)3)7-9-13-8-5-6-12(13)14/h10-11H,4-9H2,1-3H3. The molecule has 1 aliphatic rings. The summed E-state index contributed by atoms with van der Waals surface area (Å²) in [7, 11) is 0. The van der Waals surface area contributed by atoms with Gasteiger partial charge >= 0.3 is 0 Å². The van der Waals surface area contributed by atoms with E-state index in [0.717, 1.165) is 37.8 Å². The molecule has 0 saturated carbocycles. The predicted octanol–water partition coefficient (Wildman–Crippen LogP) is 2.68. The van der Waals surface area contributed by atoms with Crippen LogP contribution in [0.15, 0.2) is 0 Å². The van der Waals surface area contributed by atoms with Crippen molar-refractivity contribution in [2.24, 2.45) is 11.8 Å². The molecule has 1 saturated heterocycles. The average molecular weight is 197 g/mol. The van der Waals surface area contributed by atoms with Crippen LogP contribution in [0.25, 0.3) is 0 Å². The van der Waals surface area contributed by atoms with Crippen LogP contribution in [0, 0.1) is 11.8 Å². The highest BCUT2D eigenvalue weighted by Gasteiger charge is 2.21. The summed E-state index contributed by atoms with van der Waals surface area (Å²) in [5.74, 6) is 1.89. The van der Waals surface area contributed by atoms with Crippen LogP contribution in [0.2, 0.25) is 0 Å². The molecule has 1 unspecified atom stereocenters. The summed E-state index contributed by atoms with van der Waals surface area (Å²) in [6.45, 7) is 8.78. The van der Waals surface area contributed by atoms with Crippen LogP contribution < -0.4 is 0 Å². The Bertz CT molecular complexity index is 189. The van der Waals surface area contributed by atoms with Gasteiger partial charge in [0.05, 0.1) is 0 Å². The Labute approximate surface area is 87.7 Å². The van der Waals surface area contributed by atoms with Crippen molar-refractivity contribution in [3.63, 3.8) is 0 Å². The van der Waals surface area contributed by atoms with Crippen molar-refractivity contribution in [3.8, 4) is 0 Å². The third kappa shape index (κ3) is 3.00. The Morgan fingerprint density at radius 1 is 1.43 bits per heavy atom. The van der Waals surface area contributed by atoms with Gasteiger partial charge in [0.2, 0.25) is 5.91 Å². The number of hydrogen-bond acceptors (Lipinski definition) is 1. The molecule has 82 valence electrons. The van der Waals surface area contributed by atoms with Crippen LogP contribution in [-0.4, -0.2) is 23.9 Å². The van der Waals surface area contributed by atoms with Gasteiger partial charge in [0, 0.05) is 19.5 Å². The van der Waals surface area contributed by atoms with Gasteiger partial charge in [0.1, 0.15) is 0 Å². The minimum atomic E-state index is 0.364. The van der Waals surface area contributed by atoms with Crippen molar-refractivity contribution < 1.29 is 4.79 Å². The molecular weight excluding hydrogens is 174 g/mol. The fraction of sp³-hybridized carbons (Fsp3) is 0.917. The number of carbonyl (C=O) groups excluding carboxylic acids is 1. The molecule has 0 aliphatic carbocycles. The van der Waals surface area contributed by atoms with Crippen molar-refractivity contribution in [2.45, 2.75) is 46.5 Å². The second-order valence-electron chi connectivity index (χ2n) is 4.69. The summed E-state index contributed by atoms with van der Waals surface area (Å²) in [6, 6.07) is 0. The molecule has 0 radical (unpaired) electrons. The molecule has 1 fully saturated rings. The Morgan fingerprint density at radius 2 is 2.14 bits per heavy atom. The lowest BCUT2D eigenvalue weighted by atomic mass is 9.90. The number of likely N-dealkylation sites (tertiary alicyclic amines) is 1. The lowest BCUT2D eigenvalue weighted by Gasteiger charge is -2.22. The van der Waals surface area contributed by atoms with E-state index < -0.39 is 0 Å². The van der Waals surface area contributed by atoms with Crippen LogP contribution in [0.1, 0.15) is 46.5 Å². The summed E-state index contributed by atoms with van der Waals surface area (Å²) in [5, 5.41) is 0. The molecule has 0 N–H and O–H groups in total. The molecular formula is C12H23NO. The van der Waals surface area contributed by atoms with Gasteiger partial charge in [-0.25, -0.2) is 0 Å². The zero-order valence-electron chi connectivity index (χ0n) is 9.75. The maximum atomic E-state index is 11.4. The third-order valence-corrected chi connectivity index (χ3v) is 3.41. The van der Waals surface area contributed by atoms with E-state index in [-0.39, 0.29) is 0 Å². The van der Waals surface area contributed by atoms with E-state index in [1.165, 1.54) is 12.8 Å². The number of carbonyl (C=O) groups is 1. The SMILES string of the molecule is CCC(CCN1CCCC1=O)C(C)C. The Morgan fingerprint density at radius 3 is 2.57 bits per heavy atom. The molecule has 0 spiro atoms. The van der Waals surface area contributed by atoms with Crippen molar-refractivity contribution in [1.29, 1.82) is 0 Å². The van der Waals surface area contributed by atoms with E-state index in [0.29, 0.717) is 5.91 Å². The first-order valence-corrected chi connectivity index (χ1v) is 5.93. The maximum Gasteiger partial charge on any atom is 0.222 e. The summed E-state index contributed by atoms with van der Waals surface area (Å²) >= 11 is 0. The summed E-state index contributed by atoms with van der Waals surface area (Å²) in [4.78, 5) is 13.4. The molecule has 1 atom stereocenters. The van der Waals surface area contributed by atoms with Crippen molar-refractivity contribution in [3.05, 3.63) is 0 Å². The second kappa shape index (κ2) is 5.38. The van der Waals surface area contributed by atoms with Crippen molar-refractivity contribution in [2.75, 3.05) is 13.1 Å². The highest BCUT2D eigenvalue weighted by molar-refractivity contribution is 5.77. The zero-order valence-corrected chi connectivity index (χ0v) is 9.75. The largest absolute Gasteiger partial charge is 0.343 e. The van der Waals surface area contributed by atoms with Crippen LogP contribution in [0.5, 0.6) is 0 Å². The minimum absolute atomic E-state index is 0.364. The average Bonchev–Trinajstić information content (AvgIpc) is 2.52. The molecule has 14 heavy (non-hydrogen) atoms. The smallest absolute Gasteiger partial charge is 0.222 e. The van der Waals surface area contributed by atoms with Crippen LogP contribution in [0.4, 0.5) is 0 Å². The molecule has 1 aliphatic heterocycles. The van der Waals surface area contributed by atoms with E-state index >= 15 is 0 Å². The highest BCUT2D eigenvalue weighted by atomic mass is 16.2. The van der Waals surface area contributed by atoms with Gasteiger partial charge in [-0.15, -0.1) is 0 Å². The van der Waals surface area contributed by atoms with E-state index in [2.05, 4.69) is 20.8 Å². The van der Waals surface area contributed by atoms with Gasteiger partial charge in [-0.1, -0.05) is 27.2 Å². The molecule has 1 amide bonds. The molecule has 0 aromatic rings. The first kappa shape index (κ1) is 11.5. The molecule has 0 aromatic carbocycles. The first-order valence-electron chi connectivity index (χ1n) is 5.93. The fourth-order valence-corrected chi connectivity index (χ4v) is 2.27. The van der Waals surface area contributed by atoms with Crippen LogP contribution >= 0.6 is 0 Å². The van der Waals surface area contributed by atoms with Gasteiger partial charge in [-0.3, -0.25) is 4.79 Å². The number of hydrogen-bond donors (Lipinski definition) is 0. The van der Waals surface area contributed by atoms with E-state index in [1.54, 1.807) is 0 Å². The second-order valence-corrected chi connectivity index (χ2v) is 4.69. The number of amides is 1. The number of nitrogens with zero attached hydrogens (tertiary/aromatic N) is 1. The monoisotopic (exact) mass is 197 g/mol. The van der Waals surface area contributed by atoms with Gasteiger partial charge in [0.15, 0.2) is 0 Å². The summed E-state index contributed by atoms with van der Waals surface area (Å²) in [5.41, 5.74) is 0. The first-order chi connectivity index (χ1) is 6.65. The summed E-state index contributed by atoms with van der Waals surface area (Å²) < 4.78 is 0. The normalized spacial score (nSPS) is 19.4. The minimum Gasteiger partial charge on any atom is -0.343 e. The third-order valence-electron chi connectivity index (χ3n) is 3.41. The molecule has 1 heterocycles. The van der Waals surface area contributed by atoms with E-state index in [1.807, 2.05) is 4.90 Å². The zero-order chi connectivity index (χ0) is 10.6. The van der Waals surface area contributed by atoms with Crippen LogP contribution in [0.3, 0.4) is 0 Å². The Balaban J connectivity index is 2.27.